The van der Waals surface area contributed by atoms with E-state index in [0.29, 0.717) is 11.8 Å². The van der Waals surface area contributed by atoms with Crippen LogP contribution in [0.2, 0.25) is 0 Å². The van der Waals surface area contributed by atoms with Crippen LogP contribution in [0.3, 0.4) is 0 Å². The third kappa shape index (κ3) is 2.26. The second kappa shape index (κ2) is 4.69. The predicted molar refractivity (Wildman–Crippen MR) is 66.8 cm³/mol. The molecule has 0 heterocycles. The first kappa shape index (κ1) is 11.2. The van der Waals surface area contributed by atoms with Crippen LogP contribution in [0.4, 0.5) is 5.69 Å². The minimum absolute atomic E-state index is 0.425. The van der Waals surface area contributed by atoms with E-state index in [-0.39, 0.29) is 0 Å². The molecule has 2 heteroatoms. The highest BCUT2D eigenvalue weighted by Gasteiger charge is 2.22. The van der Waals surface area contributed by atoms with Gasteiger partial charge in [0.05, 0.1) is 0 Å². The molecule has 0 radical (unpaired) electrons. The number of hydrogen-bond donors (Lipinski definition) is 0. The Kier molecular flexibility index (Phi) is 3.28. The number of Topliss-reactive ketones (excluding diaryl/α,β-unsaturated/α-hetero) is 1. The summed E-state index contributed by atoms with van der Waals surface area (Å²) in [5.74, 6) is 0.425. The summed E-state index contributed by atoms with van der Waals surface area (Å²) in [4.78, 5) is 13.6. The lowest BCUT2D eigenvalue weighted by Gasteiger charge is -2.33. The molecule has 0 amide bonds. The molecule has 1 aromatic carbocycles. The lowest BCUT2D eigenvalue weighted by atomic mass is 9.93. The Labute approximate surface area is 97.3 Å². The standard InChI is InChI=1S/C14H19NO/c1-11-5-3-4-6-14(11)15(2)12-7-9-13(16)10-8-12/h3-6,12H,7-10H2,1-2H3. The summed E-state index contributed by atoms with van der Waals surface area (Å²) in [6.45, 7) is 2.14. The van der Waals surface area contributed by atoms with E-state index in [1.54, 1.807) is 0 Å². The largest absolute Gasteiger partial charge is 0.371 e. The minimum atomic E-state index is 0.425. The van der Waals surface area contributed by atoms with Gasteiger partial charge in [0.1, 0.15) is 5.78 Å². The molecule has 1 saturated carbocycles. The van der Waals surface area contributed by atoms with E-state index in [0.717, 1.165) is 25.7 Å². The number of nitrogens with zero attached hydrogens (tertiary/aromatic N) is 1. The van der Waals surface area contributed by atoms with Crippen LogP contribution in [-0.4, -0.2) is 18.9 Å². The van der Waals surface area contributed by atoms with E-state index in [2.05, 4.69) is 43.1 Å². The van der Waals surface area contributed by atoms with Crippen LogP contribution >= 0.6 is 0 Å². The number of carbonyl (C=O) groups excluding carboxylic acids is 1. The van der Waals surface area contributed by atoms with Crippen LogP contribution in [0.25, 0.3) is 0 Å². The molecule has 86 valence electrons. The fraction of sp³-hybridized carbons (Fsp3) is 0.500. The summed E-state index contributed by atoms with van der Waals surface area (Å²) in [7, 11) is 2.14. The molecule has 1 fully saturated rings. The monoisotopic (exact) mass is 217 g/mol. The van der Waals surface area contributed by atoms with Gasteiger partial charge in [-0.05, 0) is 31.4 Å². The minimum Gasteiger partial charge on any atom is -0.371 e. The molecule has 16 heavy (non-hydrogen) atoms. The molecule has 0 saturated heterocycles. The topological polar surface area (TPSA) is 20.3 Å². The second-order valence-corrected chi connectivity index (χ2v) is 4.67. The molecule has 0 unspecified atom stereocenters. The van der Waals surface area contributed by atoms with Gasteiger partial charge in [-0.2, -0.15) is 0 Å². The third-order valence-corrected chi connectivity index (χ3v) is 3.56. The zero-order valence-corrected chi connectivity index (χ0v) is 10.1. The number of rotatable bonds is 2. The van der Waals surface area contributed by atoms with Gasteiger partial charge in [-0.1, -0.05) is 18.2 Å². The molecule has 1 aliphatic rings. The van der Waals surface area contributed by atoms with Crippen molar-refractivity contribution in [3.05, 3.63) is 29.8 Å². The van der Waals surface area contributed by atoms with Gasteiger partial charge in [0.25, 0.3) is 0 Å². The number of benzene rings is 1. The number of ketones is 1. The van der Waals surface area contributed by atoms with E-state index >= 15 is 0 Å². The summed E-state index contributed by atoms with van der Waals surface area (Å²) in [6.07, 6.45) is 3.51. The molecule has 0 spiro atoms. The first-order chi connectivity index (χ1) is 7.68. The normalized spacial score (nSPS) is 17.5. The third-order valence-electron chi connectivity index (χ3n) is 3.56. The van der Waals surface area contributed by atoms with Gasteiger partial charge in [-0.15, -0.1) is 0 Å². The van der Waals surface area contributed by atoms with Gasteiger partial charge in [-0.3, -0.25) is 4.79 Å². The molecule has 0 aromatic heterocycles. The van der Waals surface area contributed by atoms with Gasteiger partial charge in [-0.25, -0.2) is 0 Å². The zero-order valence-electron chi connectivity index (χ0n) is 10.1. The van der Waals surface area contributed by atoms with Crippen molar-refractivity contribution in [1.29, 1.82) is 0 Å². The second-order valence-electron chi connectivity index (χ2n) is 4.67. The molecule has 0 aliphatic heterocycles. The molecule has 0 atom stereocenters. The summed E-state index contributed by atoms with van der Waals surface area (Å²) in [6, 6.07) is 8.97. The maximum atomic E-state index is 11.2. The van der Waals surface area contributed by atoms with Crippen molar-refractivity contribution in [2.24, 2.45) is 0 Å². The average Bonchev–Trinajstić information content (AvgIpc) is 2.30. The van der Waals surface area contributed by atoms with Gasteiger partial charge in [0.15, 0.2) is 0 Å². The predicted octanol–water partition coefficient (Wildman–Crippen LogP) is 2.94. The van der Waals surface area contributed by atoms with Crippen molar-refractivity contribution in [3.8, 4) is 0 Å². The maximum absolute atomic E-state index is 11.2. The van der Waals surface area contributed by atoms with Crippen LogP contribution in [0, 0.1) is 6.92 Å². The number of aryl methyl sites for hydroxylation is 1. The van der Waals surface area contributed by atoms with E-state index in [4.69, 9.17) is 0 Å². The molecular weight excluding hydrogens is 198 g/mol. The van der Waals surface area contributed by atoms with Gasteiger partial charge in [0.2, 0.25) is 0 Å². The van der Waals surface area contributed by atoms with Crippen molar-refractivity contribution in [2.75, 3.05) is 11.9 Å². The smallest absolute Gasteiger partial charge is 0.133 e. The first-order valence-electron chi connectivity index (χ1n) is 5.98. The molecule has 1 aliphatic carbocycles. The van der Waals surface area contributed by atoms with Crippen molar-refractivity contribution < 1.29 is 4.79 Å². The lowest BCUT2D eigenvalue weighted by molar-refractivity contribution is -0.120. The van der Waals surface area contributed by atoms with E-state index in [1.807, 2.05) is 0 Å². The number of anilines is 1. The van der Waals surface area contributed by atoms with Crippen LogP contribution in [0.15, 0.2) is 24.3 Å². The van der Waals surface area contributed by atoms with Gasteiger partial charge in [0, 0.05) is 31.6 Å². The van der Waals surface area contributed by atoms with Crippen molar-refractivity contribution in [1.82, 2.24) is 0 Å². The van der Waals surface area contributed by atoms with Crippen molar-refractivity contribution in [3.63, 3.8) is 0 Å². The van der Waals surface area contributed by atoms with Crippen LogP contribution in [-0.2, 0) is 4.79 Å². The van der Waals surface area contributed by atoms with E-state index in [9.17, 15) is 4.79 Å². The number of carbonyl (C=O) groups is 1. The van der Waals surface area contributed by atoms with Gasteiger partial charge < -0.3 is 4.90 Å². The Hall–Kier alpha value is -1.31. The first-order valence-corrected chi connectivity index (χ1v) is 5.98. The molecule has 0 bridgehead atoms. The summed E-state index contributed by atoms with van der Waals surface area (Å²) < 4.78 is 0. The summed E-state index contributed by atoms with van der Waals surface area (Å²) in [5.41, 5.74) is 2.60. The molecule has 1 aromatic rings. The van der Waals surface area contributed by atoms with Crippen molar-refractivity contribution in [2.45, 2.75) is 38.6 Å². The Balaban J connectivity index is 2.10. The van der Waals surface area contributed by atoms with E-state index in [1.165, 1.54) is 11.3 Å². The van der Waals surface area contributed by atoms with Crippen LogP contribution < -0.4 is 4.90 Å². The Morgan fingerprint density at radius 3 is 2.44 bits per heavy atom. The molecule has 2 rings (SSSR count). The maximum Gasteiger partial charge on any atom is 0.133 e. The quantitative estimate of drug-likeness (QED) is 0.759. The zero-order chi connectivity index (χ0) is 11.5. The van der Waals surface area contributed by atoms with Crippen LogP contribution in [0.5, 0.6) is 0 Å². The van der Waals surface area contributed by atoms with Crippen molar-refractivity contribution >= 4 is 11.5 Å². The Bertz CT molecular complexity index is 376. The highest BCUT2D eigenvalue weighted by atomic mass is 16.1. The average molecular weight is 217 g/mol. The summed E-state index contributed by atoms with van der Waals surface area (Å²) >= 11 is 0. The Morgan fingerprint density at radius 1 is 1.19 bits per heavy atom. The van der Waals surface area contributed by atoms with E-state index < -0.39 is 0 Å². The molecule has 0 N–H and O–H groups in total. The van der Waals surface area contributed by atoms with Gasteiger partial charge >= 0.3 is 0 Å². The number of para-hydroxylation sites is 1. The lowest BCUT2D eigenvalue weighted by Crippen LogP contribution is -2.35. The molecular formula is C14H19NO. The highest BCUT2D eigenvalue weighted by molar-refractivity contribution is 5.79. The Morgan fingerprint density at radius 2 is 1.81 bits per heavy atom. The highest BCUT2D eigenvalue weighted by Crippen LogP contribution is 2.26. The van der Waals surface area contributed by atoms with Crippen LogP contribution in [0.1, 0.15) is 31.2 Å². The molecule has 2 nitrogen and oxygen atoms in total. The fourth-order valence-electron chi connectivity index (χ4n) is 2.47. The SMILES string of the molecule is Cc1ccccc1N(C)C1CCC(=O)CC1. The number of hydrogen-bond acceptors (Lipinski definition) is 2. The summed E-state index contributed by atoms with van der Waals surface area (Å²) in [5, 5.41) is 0. The fourth-order valence-corrected chi connectivity index (χ4v) is 2.47.